The van der Waals surface area contributed by atoms with Crippen LogP contribution >= 0.6 is 12.2 Å². The van der Waals surface area contributed by atoms with E-state index in [1.807, 2.05) is 0 Å². The van der Waals surface area contributed by atoms with E-state index in [-0.39, 0.29) is 11.6 Å². The van der Waals surface area contributed by atoms with E-state index in [9.17, 15) is 4.39 Å². The van der Waals surface area contributed by atoms with Crippen molar-refractivity contribution in [1.82, 2.24) is 9.55 Å². The van der Waals surface area contributed by atoms with Crippen molar-refractivity contribution in [2.24, 2.45) is 0 Å². The molecule has 0 aliphatic heterocycles. The lowest BCUT2D eigenvalue weighted by atomic mass is 10.3. The lowest BCUT2D eigenvalue weighted by Gasteiger charge is -2.06. The first kappa shape index (κ1) is 9.92. The summed E-state index contributed by atoms with van der Waals surface area (Å²) < 4.78 is 20.3. The van der Waals surface area contributed by atoms with Crippen molar-refractivity contribution < 1.29 is 9.13 Å². The Balaban J connectivity index is 2.55. The number of halogens is 1. The molecule has 0 aliphatic rings. The van der Waals surface area contributed by atoms with Gasteiger partial charge in [0.1, 0.15) is 0 Å². The number of rotatable bonds is 2. The number of ether oxygens (including phenoxy) is 1. The van der Waals surface area contributed by atoms with E-state index in [0.29, 0.717) is 4.77 Å². The number of benzene rings is 1. The molecule has 0 bridgehead atoms. The summed E-state index contributed by atoms with van der Waals surface area (Å²) >= 11 is 5.05. The number of hydrogen-bond donors (Lipinski definition) is 1. The highest BCUT2D eigenvalue weighted by Gasteiger charge is 2.04. The van der Waals surface area contributed by atoms with Gasteiger partial charge in [0.2, 0.25) is 0 Å². The molecule has 3 nitrogen and oxygen atoms in total. The van der Waals surface area contributed by atoms with Crippen LogP contribution in [0.5, 0.6) is 5.75 Å². The quantitative estimate of drug-likeness (QED) is 0.795. The summed E-state index contributed by atoms with van der Waals surface area (Å²) in [5, 5.41) is 0. The average molecular weight is 224 g/mol. The van der Waals surface area contributed by atoms with Gasteiger partial charge in [-0.2, -0.15) is 0 Å². The molecule has 5 heteroatoms. The SMILES string of the molecule is COc1cc(-n2cc[nH]c2=S)ccc1F. The minimum atomic E-state index is -0.386. The zero-order valence-corrected chi connectivity index (χ0v) is 8.84. The maximum Gasteiger partial charge on any atom is 0.181 e. The van der Waals surface area contributed by atoms with E-state index in [1.54, 1.807) is 29.1 Å². The summed E-state index contributed by atoms with van der Waals surface area (Å²) in [6.07, 6.45) is 3.49. The summed E-state index contributed by atoms with van der Waals surface area (Å²) in [5.74, 6) is -0.182. The second-order valence-electron chi connectivity index (χ2n) is 2.95. The van der Waals surface area contributed by atoms with Gasteiger partial charge in [0.25, 0.3) is 0 Å². The van der Waals surface area contributed by atoms with Gasteiger partial charge < -0.3 is 9.72 Å². The molecule has 1 heterocycles. The van der Waals surface area contributed by atoms with Crippen molar-refractivity contribution in [3.63, 3.8) is 0 Å². The maximum absolute atomic E-state index is 13.1. The Kier molecular flexibility index (Phi) is 2.55. The van der Waals surface area contributed by atoms with Crippen LogP contribution in [0.4, 0.5) is 4.39 Å². The van der Waals surface area contributed by atoms with Gasteiger partial charge in [-0.25, -0.2) is 4.39 Å². The number of methoxy groups -OCH3 is 1. The second kappa shape index (κ2) is 3.86. The zero-order chi connectivity index (χ0) is 10.8. The van der Waals surface area contributed by atoms with Gasteiger partial charge in [0, 0.05) is 18.5 Å². The van der Waals surface area contributed by atoms with Crippen molar-refractivity contribution >= 4 is 12.2 Å². The van der Waals surface area contributed by atoms with E-state index < -0.39 is 0 Å². The van der Waals surface area contributed by atoms with Gasteiger partial charge in [-0.15, -0.1) is 0 Å². The van der Waals surface area contributed by atoms with Gasteiger partial charge in [-0.1, -0.05) is 0 Å². The molecule has 0 atom stereocenters. The molecule has 78 valence electrons. The third-order valence-corrected chi connectivity index (χ3v) is 2.38. The Morgan fingerprint density at radius 3 is 2.87 bits per heavy atom. The molecule has 1 N–H and O–H groups in total. The van der Waals surface area contributed by atoms with Gasteiger partial charge in [-0.3, -0.25) is 4.57 Å². The lowest BCUT2D eigenvalue weighted by Crippen LogP contribution is -1.95. The van der Waals surface area contributed by atoms with E-state index in [0.717, 1.165) is 5.69 Å². The van der Waals surface area contributed by atoms with Crippen LogP contribution in [0.25, 0.3) is 5.69 Å². The second-order valence-corrected chi connectivity index (χ2v) is 3.34. The highest BCUT2D eigenvalue weighted by Crippen LogP contribution is 2.20. The van der Waals surface area contributed by atoms with E-state index in [1.165, 1.54) is 13.2 Å². The smallest absolute Gasteiger partial charge is 0.181 e. The average Bonchev–Trinajstić information content (AvgIpc) is 2.65. The third kappa shape index (κ3) is 1.78. The number of nitrogens with zero attached hydrogens (tertiary/aromatic N) is 1. The van der Waals surface area contributed by atoms with Crippen LogP contribution in [-0.4, -0.2) is 16.7 Å². The predicted octanol–water partition coefficient (Wildman–Crippen LogP) is 2.68. The van der Waals surface area contributed by atoms with Gasteiger partial charge in [-0.05, 0) is 24.4 Å². The van der Waals surface area contributed by atoms with Crippen molar-refractivity contribution in [1.29, 1.82) is 0 Å². The first-order valence-electron chi connectivity index (χ1n) is 4.32. The van der Waals surface area contributed by atoms with Crippen molar-refractivity contribution in [3.05, 3.63) is 41.2 Å². The Morgan fingerprint density at radius 2 is 2.27 bits per heavy atom. The molecule has 0 saturated heterocycles. The maximum atomic E-state index is 13.1. The van der Waals surface area contributed by atoms with Crippen LogP contribution in [0.2, 0.25) is 0 Å². The Labute approximate surface area is 91.1 Å². The normalized spacial score (nSPS) is 10.3. The number of H-pyrrole nitrogens is 1. The van der Waals surface area contributed by atoms with Crippen LogP contribution in [0.3, 0.4) is 0 Å². The molecule has 15 heavy (non-hydrogen) atoms. The van der Waals surface area contributed by atoms with Crippen LogP contribution in [0.15, 0.2) is 30.6 Å². The minimum absolute atomic E-state index is 0.204. The molecule has 1 aromatic carbocycles. The van der Waals surface area contributed by atoms with Gasteiger partial charge in [0.15, 0.2) is 16.3 Å². The fourth-order valence-electron chi connectivity index (χ4n) is 1.32. The molecule has 0 spiro atoms. The highest BCUT2D eigenvalue weighted by molar-refractivity contribution is 7.71. The molecule has 0 amide bonds. The van der Waals surface area contributed by atoms with E-state index >= 15 is 0 Å². The number of hydrogen-bond acceptors (Lipinski definition) is 2. The minimum Gasteiger partial charge on any atom is -0.494 e. The van der Waals surface area contributed by atoms with Gasteiger partial charge in [0.05, 0.1) is 12.8 Å². The topological polar surface area (TPSA) is 29.9 Å². The number of nitrogens with one attached hydrogen (secondary N) is 1. The molecular weight excluding hydrogens is 215 g/mol. The van der Waals surface area contributed by atoms with Crippen molar-refractivity contribution in [2.45, 2.75) is 0 Å². The molecule has 0 radical (unpaired) electrons. The third-order valence-electron chi connectivity index (χ3n) is 2.06. The molecular formula is C10H9FN2OS. The fourth-order valence-corrected chi connectivity index (χ4v) is 1.56. The monoisotopic (exact) mass is 224 g/mol. The molecule has 0 unspecified atom stereocenters. The van der Waals surface area contributed by atoms with E-state index in [2.05, 4.69) is 4.98 Å². The lowest BCUT2D eigenvalue weighted by molar-refractivity contribution is 0.386. The highest BCUT2D eigenvalue weighted by atomic mass is 32.1. The van der Waals surface area contributed by atoms with Crippen LogP contribution < -0.4 is 4.74 Å². The summed E-state index contributed by atoms with van der Waals surface area (Å²) in [4.78, 5) is 2.86. The molecule has 2 aromatic rings. The Morgan fingerprint density at radius 1 is 1.47 bits per heavy atom. The molecule has 0 saturated carbocycles. The molecule has 0 aliphatic carbocycles. The summed E-state index contributed by atoms with van der Waals surface area (Å²) in [6.45, 7) is 0. The Bertz CT molecular complexity index is 532. The molecule has 2 rings (SSSR count). The van der Waals surface area contributed by atoms with Crippen molar-refractivity contribution in [3.8, 4) is 11.4 Å². The number of aromatic nitrogens is 2. The summed E-state index contributed by atoms with van der Waals surface area (Å²) in [7, 11) is 1.43. The first-order valence-corrected chi connectivity index (χ1v) is 4.73. The fraction of sp³-hybridized carbons (Fsp3) is 0.100. The van der Waals surface area contributed by atoms with Crippen LogP contribution in [-0.2, 0) is 0 Å². The predicted molar refractivity (Wildman–Crippen MR) is 57.5 cm³/mol. The number of aromatic amines is 1. The molecule has 0 fully saturated rings. The van der Waals surface area contributed by atoms with Crippen LogP contribution in [0, 0.1) is 10.6 Å². The standard InChI is InChI=1S/C10H9FN2OS/c1-14-9-6-7(2-3-8(9)11)13-5-4-12-10(13)15/h2-6H,1H3,(H,12,15). The summed E-state index contributed by atoms with van der Waals surface area (Å²) in [5.41, 5.74) is 0.763. The number of imidazole rings is 1. The first-order chi connectivity index (χ1) is 7.22. The zero-order valence-electron chi connectivity index (χ0n) is 8.03. The van der Waals surface area contributed by atoms with Crippen LogP contribution in [0.1, 0.15) is 0 Å². The van der Waals surface area contributed by atoms with E-state index in [4.69, 9.17) is 17.0 Å². The van der Waals surface area contributed by atoms with Gasteiger partial charge >= 0.3 is 0 Å². The Hall–Kier alpha value is -1.62. The van der Waals surface area contributed by atoms with Crippen molar-refractivity contribution in [2.75, 3.05) is 7.11 Å². The molecule has 1 aromatic heterocycles. The largest absolute Gasteiger partial charge is 0.494 e. The summed E-state index contributed by atoms with van der Waals surface area (Å²) in [6, 6.07) is 4.59.